The highest BCUT2D eigenvalue weighted by Gasteiger charge is 2.26. The quantitative estimate of drug-likeness (QED) is 0.761. The maximum Gasteiger partial charge on any atom is 0.326 e. The van der Waals surface area contributed by atoms with E-state index in [1.54, 1.807) is 0 Å². The average Bonchev–Trinajstić information content (AvgIpc) is 2.87. The van der Waals surface area contributed by atoms with E-state index >= 15 is 0 Å². The van der Waals surface area contributed by atoms with Crippen molar-refractivity contribution in [1.82, 2.24) is 9.62 Å². The molecule has 1 aromatic heterocycles. The lowest BCUT2D eigenvalue weighted by Gasteiger charge is -2.15. The van der Waals surface area contributed by atoms with Crippen LogP contribution in [0.3, 0.4) is 0 Å². The number of aliphatic carboxylic acids is 1. The first-order chi connectivity index (χ1) is 10.1. The molecule has 9 heteroatoms. The highest BCUT2D eigenvalue weighted by molar-refractivity contribution is 7.88. The van der Waals surface area contributed by atoms with Crippen molar-refractivity contribution < 1.29 is 27.5 Å². The number of carbonyl (C=O) groups is 2. The molecule has 124 valence electrons. The molecule has 1 atom stereocenters. The van der Waals surface area contributed by atoms with E-state index < -0.39 is 27.9 Å². The Morgan fingerprint density at radius 1 is 1.36 bits per heavy atom. The molecule has 2 N–H and O–H groups in total. The predicted molar refractivity (Wildman–Crippen MR) is 77.9 cm³/mol. The third-order valence-electron chi connectivity index (χ3n) is 2.88. The molecule has 0 spiro atoms. The van der Waals surface area contributed by atoms with Crippen molar-refractivity contribution >= 4 is 21.9 Å². The second-order valence-electron chi connectivity index (χ2n) is 5.44. The molecule has 0 radical (unpaired) electrons. The second kappa shape index (κ2) is 6.93. The van der Waals surface area contributed by atoms with Crippen LogP contribution in [-0.2, 0) is 14.8 Å². The van der Waals surface area contributed by atoms with E-state index in [-0.39, 0.29) is 23.0 Å². The number of hydrogen-bond acceptors (Lipinski definition) is 5. The van der Waals surface area contributed by atoms with E-state index in [1.165, 1.54) is 14.1 Å². The molecule has 0 unspecified atom stereocenters. The first kappa shape index (κ1) is 18.2. The van der Waals surface area contributed by atoms with Gasteiger partial charge in [-0.25, -0.2) is 17.5 Å². The van der Waals surface area contributed by atoms with Crippen molar-refractivity contribution in [3.8, 4) is 0 Å². The molecular weight excluding hydrogens is 312 g/mol. The van der Waals surface area contributed by atoms with Crippen LogP contribution in [0.4, 0.5) is 0 Å². The topological polar surface area (TPSA) is 117 Å². The SMILES string of the molecule is CC(C)C[C@H](NC(=O)c1coc(S(=O)(=O)N(C)C)c1)C(=O)O. The number of nitrogens with zero attached hydrogens (tertiary/aromatic N) is 1. The fraction of sp³-hybridized carbons (Fsp3) is 0.538. The lowest BCUT2D eigenvalue weighted by atomic mass is 10.0. The third-order valence-corrected chi connectivity index (χ3v) is 4.57. The van der Waals surface area contributed by atoms with Gasteiger partial charge in [-0.3, -0.25) is 4.79 Å². The smallest absolute Gasteiger partial charge is 0.326 e. The van der Waals surface area contributed by atoms with Gasteiger partial charge in [-0.1, -0.05) is 13.8 Å². The van der Waals surface area contributed by atoms with E-state index in [4.69, 9.17) is 9.52 Å². The highest BCUT2D eigenvalue weighted by atomic mass is 32.2. The minimum atomic E-state index is -3.78. The molecule has 1 amide bonds. The van der Waals surface area contributed by atoms with Crippen LogP contribution in [0.2, 0.25) is 0 Å². The summed E-state index contributed by atoms with van der Waals surface area (Å²) in [7, 11) is -1.11. The number of amides is 1. The summed E-state index contributed by atoms with van der Waals surface area (Å²) >= 11 is 0. The summed E-state index contributed by atoms with van der Waals surface area (Å²) in [6, 6.07) is 0.0233. The lowest BCUT2D eigenvalue weighted by Crippen LogP contribution is -2.41. The van der Waals surface area contributed by atoms with Gasteiger partial charge in [-0.15, -0.1) is 0 Å². The molecule has 1 aromatic rings. The monoisotopic (exact) mass is 332 g/mol. The van der Waals surface area contributed by atoms with Crippen molar-refractivity contribution in [1.29, 1.82) is 0 Å². The van der Waals surface area contributed by atoms with Crippen molar-refractivity contribution in [2.75, 3.05) is 14.1 Å². The molecule has 0 aliphatic carbocycles. The van der Waals surface area contributed by atoms with Gasteiger partial charge in [0, 0.05) is 20.2 Å². The van der Waals surface area contributed by atoms with Crippen LogP contribution in [0.5, 0.6) is 0 Å². The zero-order chi connectivity index (χ0) is 17.1. The molecule has 0 saturated carbocycles. The first-order valence-electron chi connectivity index (χ1n) is 6.60. The van der Waals surface area contributed by atoms with Crippen LogP contribution in [0.15, 0.2) is 21.8 Å². The minimum Gasteiger partial charge on any atom is -0.480 e. The van der Waals surface area contributed by atoms with Crippen molar-refractivity contribution in [3.05, 3.63) is 17.9 Å². The van der Waals surface area contributed by atoms with Crippen molar-refractivity contribution in [2.24, 2.45) is 5.92 Å². The first-order valence-corrected chi connectivity index (χ1v) is 8.04. The van der Waals surface area contributed by atoms with Crippen LogP contribution in [0.1, 0.15) is 30.6 Å². The Bertz CT molecular complexity index is 647. The van der Waals surface area contributed by atoms with Crippen molar-refractivity contribution in [3.63, 3.8) is 0 Å². The van der Waals surface area contributed by atoms with Crippen LogP contribution in [0, 0.1) is 5.92 Å². The van der Waals surface area contributed by atoms with Crippen LogP contribution in [0.25, 0.3) is 0 Å². The standard InChI is InChI=1S/C13H20N2O6S/c1-8(2)5-10(13(17)18)14-12(16)9-6-11(21-7-9)22(19,20)15(3)4/h6-8,10H,5H2,1-4H3,(H,14,16)(H,17,18)/t10-/m0/s1. The molecule has 0 aliphatic rings. The Hall–Kier alpha value is -1.87. The zero-order valence-electron chi connectivity index (χ0n) is 12.9. The molecule has 8 nitrogen and oxygen atoms in total. The Morgan fingerprint density at radius 2 is 1.95 bits per heavy atom. The molecule has 0 bridgehead atoms. The van der Waals surface area contributed by atoms with Gasteiger partial charge >= 0.3 is 5.97 Å². The van der Waals surface area contributed by atoms with E-state index in [0.29, 0.717) is 0 Å². The van der Waals surface area contributed by atoms with Gasteiger partial charge in [0.2, 0.25) is 5.09 Å². The fourth-order valence-corrected chi connectivity index (χ4v) is 2.49. The van der Waals surface area contributed by atoms with E-state index in [9.17, 15) is 18.0 Å². The fourth-order valence-electron chi connectivity index (χ4n) is 1.69. The minimum absolute atomic E-state index is 0.0459. The summed E-state index contributed by atoms with van der Waals surface area (Å²) in [6.07, 6.45) is 1.25. The number of furan rings is 1. The number of carbonyl (C=O) groups excluding carboxylic acids is 1. The maximum atomic E-state index is 12.0. The number of rotatable bonds is 7. The largest absolute Gasteiger partial charge is 0.480 e. The normalized spacial score (nSPS) is 13.4. The number of sulfonamides is 1. The van der Waals surface area contributed by atoms with Gasteiger partial charge in [-0.2, -0.15) is 0 Å². The molecule has 22 heavy (non-hydrogen) atoms. The molecule has 0 aliphatic heterocycles. The Labute approximate surface area is 129 Å². The maximum absolute atomic E-state index is 12.0. The van der Waals surface area contributed by atoms with E-state index in [1.807, 2.05) is 13.8 Å². The van der Waals surface area contributed by atoms with Crippen LogP contribution < -0.4 is 5.32 Å². The molecule has 0 saturated heterocycles. The van der Waals surface area contributed by atoms with Gasteiger partial charge < -0.3 is 14.8 Å². The number of nitrogens with one attached hydrogen (secondary N) is 1. The number of carboxylic acids is 1. The van der Waals surface area contributed by atoms with Crippen LogP contribution in [-0.4, -0.2) is 49.8 Å². The van der Waals surface area contributed by atoms with Gasteiger partial charge in [0.15, 0.2) is 0 Å². The second-order valence-corrected chi connectivity index (χ2v) is 7.52. The summed E-state index contributed by atoms with van der Waals surface area (Å²) < 4.78 is 29.5. The predicted octanol–water partition coefficient (Wildman–Crippen LogP) is 0.759. The van der Waals surface area contributed by atoms with Gasteiger partial charge in [0.05, 0.1) is 5.56 Å². The van der Waals surface area contributed by atoms with E-state index in [2.05, 4.69) is 5.32 Å². The lowest BCUT2D eigenvalue weighted by molar-refractivity contribution is -0.139. The number of carboxylic acid groups (broad SMARTS) is 1. The third kappa shape index (κ3) is 4.31. The van der Waals surface area contributed by atoms with Gasteiger partial charge in [-0.05, 0) is 12.3 Å². The Morgan fingerprint density at radius 3 is 2.41 bits per heavy atom. The molecule has 1 rings (SSSR count). The molecule has 0 fully saturated rings. The Balaban J connectivity index is 2.91. The molecular formula is C13H20N2O6S. The average molecular weight is 332 g/mol. The number of hydrogen-bond donors (Lipinski definition) is 2. The van der Waals surface area contributed by atoms with Crippen molar-refractivity contribution in [2.45, 2.75) is 31.4 Å². The summed E-state index contributed by atoms with van der Waals surface area (Å²) in [4.78, 5) is 23.1. The molecule has 0 aromatic carbocycles. The van der Waals surface area contributed by atoms with Gasteiger partial charge in [0.25, 0.3) is 15.9 Å². The van der Waals surface area contributed by atoms with Gasteiger partial charge in [0.1, 0.15) is 12.3 Å². The van der Waals surface area contributed by atoms with Crippen LogP contribution >= 0.6 is 0 Å². The summed E-state index contributed by atoms with van der Waals surface area (Å²) in [5, 5.41) is 11.1. The van der Waals surface area contributed by atoms with E-state index in [0.717, 1.165) is 16.6 Å². The Kier molecular flexibility index (Phi) is 5.72. The summed E-state index contributed by atoms with van der Waals surface area (Å²) in [5.41, 5.74) is -0.0459. The summed E-state index contributed by atoms with van der Waals surface area (Å²) in [5.74, 6) is -1.76. The zero-order valence-corrected chi connectivity index (χ0v) is 13.7. The summed E-state index contributed by atoms with van der Waals surface area (Å²) in [6.45, 7) is 3.67. The highest BCUT2D eigenvalue weighted by Crippen LogP contribution is 2.17. The molecule has 1 heterocycles.